The van der Waals surface area contributed by atoms with Crippen molar-refractivity contribution in [3.8, 4) is 0 Å². The third-order valence-corrected chi connectivity index (χ3v) is 2.29. The monoisotopic (exact) mass is 270 g/mol. The molecule has 0 saturated heterocycles. The van der Waals surface area contributed by atoms with Gasteiger partial charge in [-0.2, -0.15) is 0 Å². The lowest BCUT2D eigenvalue weighted by atomic mass is 10.2. The molecule has 0 aromatic carbocycles. The number of carbonyl (C=O) groups is 3. The quantitative estimate of drug-likeness (QED) is 0.686. The molecular weight excluding hydrogens is 256 g/mol. The van der Waals surface area contributed by atoms with Gasteiger partial charge in [-0.1, -0.05) is 0 Å². The largest absolute Gasteiger partial charge is 0.481 e. The van der Waals surface area contributed by atoms with Gasteiger partial charge in [-0.3, -0.25) is 4.79 Å². The van der Waals surface area contributed by atoms with Crippen LogP contribution in [0.5, 0.6) is 0 Å². The zero-order valence-corrected chi connectivity index (χ0v) is 10.2. The first kappa shape index (κ1) is 14.6. The van der Waals surface area contributed by atoms with Gasteiger partial charge in [0.15, 0.2) is 0 Å². The SMILES string of the molecule is CN(Cc1ccco1)C(=O)N[C@H](CC(=O)O)C(=O)O. The Morgan fingerprint density at radius 2 is 2.11 bits per heavy atom. The van der Waals surface area contributed by atoms with E-state index in [-0.39, 0.29) is 6.54 Å². The van der Waals surface area contributed by atoms with E-state index in [1.54, 1.807) is 12.1 Å². The molecular formula is C11H14N2O6. The van der Waals surface area contributed by atoms with Crippen LogP contribution in [0, 0.1) is 0 Å². The lowest BCUT2D eigenvalue weighted by Crippen LogP contribution is -2.47. The van der Waals surface area contributed by atoms with Crippen LogP contribution >= 0.6 is 0 Å². The van der Waals surface area contributed by atoms with Crippen molar-refractivity contribution < 1.29 is 29.0 Å². The molecule has 0 bridgehead atoms. The summed E-state index contributed by atoms with van der Waals surface area (Å²) in [7, 11) is 1.44. The number of nitrogens with zero attached hydrogens (tertiary/aromatic N) is 1. The fraction of sp³-hybridized carbons (Fsp3) is 0.364. The summed E-state index contributed by atoms with van der Waals surface area (Å²) < 4.78 is 5.04. The van der Waals surface area contributed by atoms with E-state index in [1.807, 2.05) is 0 Å². The molecule has 19 heavy (non-hydrogen) atoms. The van der Waals surface area contributed by atoms with Gasteiger partial charge in [-0.25, -0.2) is 9.59 Å². The molecule has 0 spiro atoms. The first-order valence-corrected chi connectivity index (χ1v) is 5.38. The van der Waals surface area contributed by atoms with Gasteiger partial charge in [-0.05, 0) is 12.1 Å². The van der Waals surface area contributed by atoms with Crippen molar-refractivity contribution in [3.05, 3.63) is 24.2 Å². The summed E-state index contributed by atoms with van der Waals surface area (Å²) in [5.41, 5.74) is 0. The molecule has 8 nitrogen and oxygen atoms in total. The molecule has 2 amide bonds. The summed E-state index contributed by atoms with van der Waals surface area (Å²) in [6, 6.07) is 1.16. The molecule has 1 aromatic heterocycles. The zero-order chi connectivity index (χ0) is 14.4. The number of hydrogen-bond donors (Lipinski definition) is 3. The second-order valence-corrected chi connectivity index (χ2v) is 3.87. The van der Waals surface area contributed by atoms with Crippen LogP contribution in [-0.2, 0) is 16.1 Å². The summed E-state index contributed by atoms with van der Waals surface area (Å²) >= 11 is 0. The highest BCUT2D eigenvalue weighted by Crippen LogP contribution is 2.04. The van der Waals surface area contributed by atoms with Gasteiger partial charge >= 0.3 is 18.0 Å². The molecule has 3 N–H and O–H groups in total. The predicted molar refractivity (Wildman–Crippen MR) is 62.4 cm³/mol. The molecule has 1 atom stereocenters. The number of carboxylic acids is 2. The Morgan fingerprint density at radius 1 is 1.42 bits per heavy atom. The summed E-state index contributed by atoms with van der Waals surface area (Å²) in [6.45, 7) is 0.151. The minimum atomic E-state index is -1.47. The average Bonchev–Trinajstić information content (AvgIpc) is 2.79. The van der Waals surface area contributed by atoms with Gasteiger partial charge < -0.3 is 24.8 Å². The van der Waals surface area contributed by atoms with E-state index in [1.165, 1.54) is 18.2 Å². The number of hydrogen-bond acceptors (Lipinski definition) is 4. The topological polar surface area (TPSA) is 120 Å². The van der Waals surface area contributed by atoms with Crippen LogP contribution in [-0.4, -0.2) is 46.2 Å². The van der Waals surface area contributed by atoms with Crippen LogP contribution in [0.15, 0.2) is 22.8 Å². The molecule has 0 unspecified atom stereocenters. The van der Waals surface area contributed by atoms with Crippen LogP contribution in [0.1, 0.15) is 12.2 Å². The van der Waals surface area contributed by atoms with Gasteiger partial charge in [0.1, 0.15) is 11.8 Å². The van der Waals surface area contributed by atoms with E-state index in [9.17, 15) is 14.4 Å². The maximum absolute atomic E-state index is 11.7. The molecule has 0 radical (unpaired) electrons. The predicted octanol–water partition coefficient (Wildman–Crippen LogP) is 0.349. The van der Waals surface area contributed by atoms with Crippen LogP contribution in [0.3, 0.4) is 0 Å². The van der Waals surface area contributed by atoms with Gasteiger partial charge in [0.2, 0.25) is 0 Å². The summed E-state index contributed by atoms with van der Waals surface area (Å²) in [4.78, 5) is 34.1. The second kappa shape index (κ2) is 6.43. The standard InChI is InChI=1S/C11H14N2O6/c1-13(6-7-3-2-4-19-7)11(18)12-8(10(16)17)5-9(14)15/h2-4,8H,5-6H2,1H3,(H,12,18)(H,14,15)(H,16,17)/t8-/m1/s1. The van der Waals surface area contributed by atoms with Crippen molar-refractivity contribution in [2.45, 2.75) is 19.0 Å². The summed E-state index contributed by atoms with van der Waals surface area (Å²) in [6.07, 6.45) is 0.765. The molecule has 8 heteroatoms. The van der Waals surface area contributed by atoms with Crippen LogP contribution in [0.25, 0.3) is 0 Å². The first-order valence-electron chi connectivity index (χ1n) is 5.38. The molecule has 0 fully saturated rings. The van der Waals surface area contributed by atoms with Crippen molar-refractivity contribution in [2.75, 3.05) is 7.05 Å². The Balaban J connectivity index is 2.56. The van der Waals surface area contributed by atoms with Crippen molar-refractivity contribution in [3.63, 3.8) is 0 Å². The molecule has 104 valence electrons. The lowest BCUT2D eigenvalue weighted by molar-refractivity contribution is -0.145. The number of urea groups is 1. The fourth-order valence-electron chi connectivity index (χ4n) is 1.34. The smallest absolute Gasteiger partial charge is 0.326 e. The van der Waals surface area contributed by atoms with Gasteiger partial charge in [0.05, 0.1) is 19.2 Å². The van der Waals surface area contributed by atoms with E-state index < -0.39 is 30.4 Å². The lowest BCUT2D eigenvalue weighted by Gasteiger charge is -2.19. The highest BCUT2D eigenvalue weighted by atomic mass is 16.4. The van der Waals surface area contributed by atoms with Gasteiger partial charge in [0, 0.05) is 7.05 Å². The van der Waals surface area contributed by atoms with E-state index in [2.05, 4.69) is 5.32 Å². The Hall–Kier alpha value is -2.51. The number of furan rings is 1. The average molecular weight is 270 g/mol. The van der Waals surface area contributed by atoms with Crippen molar-refractivity contribution in [2.24, 2.45) is 0 Å². The van der Waals surface area contributed by atoms with Crippen LogP contribution in [0.4, 0.5) is 4.79 Å². The minimum absolute atomic E-state index is 0.151. The van der Waals surface area contributed by atoms with Gasteiger partial charge in [-0.15, -0.1) is 0 Å². The van der Waals surface area contributed by atoms with Crippen molar-refractivity contribution >= 4 is 18.0 Å². The zero-order valence-electron chi connectivity index (χ0n) is 10.2. The number of carbonyl (C=O) groups excluding carboxylic acids is 1. The van der Waals surface area contributed by atoms with Crippen molar-refractivity contribution in [1.82, 2.24) is 10.2 Å². The molecule has 0 aliphatic heterocycles. The maximum atomic E-state index is 11.7. The Labute approximate surface area is 108 Å². The maximum Gasteiger partial charge on any atom is 0.326 e. The van der Waals surface area contributed by atoms with Gasteiger partial charge in [0.25, 0.3) is 0 Å². The third kappa shape index (κ3) is 4.70. The number of carboxylic acid groups (broad SMARTS) is 2. The fourth-order valence-corrected chi connectivity index (χ4v) is 1.34. The van der Waals surface area contributed by atoms with E-state index >= 15 is 0 Å². The van der Waals surface area contributed by atoms with Crippen LogP contribution < -0.4 is 5.32 Å². The molecule has 0 aliphatic carbocycles. The molecule has 1 aromatic rings. The van der Waals surface area contributed by atoms with E-state index in [4.69, 9.17) is 14.6 Å². The summed E-state index contributed by atoms with van der Waals surface area (Å²) in [5, 5.41) is 19.5. The third-order valence-electron chi connectivity index (χ3n) is 2.29. The molecule has 1 heterocycles. The highest BCUT2D eigenvalue weighted by molar-refractivity contribution is 5.86. The first-order chi connectivity index (χ1) is 8.90. The Bertz CT molecular complexity index is 456. The molecule has 0 aliphatic rings. The Kier molecular flexibility index (Phi) is 4.92. The van der Waals surface area contributed by atoms with E-state index in [0.717, 1.165) is 0 Å². The minimum Gasteiger partial charge on any atom is -0.481 e. The normalized spacial score (nSPS) is 11.6. The van der Waals surface area contributed by atoms with E-state index in [0.29, 0.717) is 5.76 Å². The van der Waals surface area contributed by atoms with Crippen molar-refractivity contribution in [1.29, 1.82) is 0 Å². The second-order valence-electron chi connectivity index (χ2n) is 3.87. The molecule has 0 saturated carbocycles. The highest BCUT2D eigenvalue weighted by Gasteiger charge is 2.24. The molecule has 1 rings (SSSR count). The van der Waals surface area contributed by atoms with Crippen LogP contribution in [0.2, 0.25) is 0 Å². The number of rotatable bonds is 6. The Morgan fingerprint density at radius 3 is 2.58 bits per heavy atom. The number of amides is 2. The number of aliphatic carboxylic acids is 2. The number of nitrogens with one attached hydrogen (secondary N) is 1. The summed E-state index contributed by atoms with van der Waals surface area (Å²) in [5.74, 6) is -2.17.